The summed E-state index contributed by atoms with van der Waals surface area (Å²) in [6.45, 7) is 2.08. The third-order valence-electron chi connectivity index (χ3n) is 5.62. The zero-order valence-corrected chi connectivity index (χ0v) is 15.9. The first kappa shape index (κ1) is 17.1. The quantitative estimate of drug-likeness (QED) is 0.627. The molecule has 4 heteroatoms. The Morgan fingerprint density at radius 3 is 2.86 bits per heavy atom. The summed E-state index contributed by atoms with van der Waals surface area (Å²) in [6.07, 6.45) is 3.89. The molecule has 4 nitrogen and oxygen atoms in total. The van der Waals surface area contributed by atoms with Crippen molar-refractivity contribution < 1.29 is 9.21 Å². The first-order chi connectivity index (χ1) is 13.7. The minimum atomic E-state index is -0.198. The van der Waals surface area contributed by atoms with Crippen molar-refractivity contribution in [3.05, 3.63) is 76.7 Å². The number of oxazole rings is 1. The topological polar surface area (TPSA) is 55.5 Å². The van der Waals surface area contributed by atoms with Gasteiger partial charge in [0.05, 0.1) is 6.42 Å². The third kappa shape index (κ3) is 3.09. The fourth-order valence-electron chi connectivity index (χ4n) is 4.36. The van der Waals surface area contributed by atoms with E-state index in [9.17, 15) is 4.79 Å². The number of carbonyl (C=O) groups excluding carboxylic acids is 1. The number of dihydropyridines is 1. The molecule has 28 heavy (non-hydrogen) atoms. The summed E-state index contributed by atoms with van der Waals surface area (Å²) in [4.78, 5) is 22.4. The third-order valence-corrected chi connectivity index (χ3v) is 5.62. The van der Waals surface area contributed by atoms with E-state index in [0.29, 0.717) is 18.7 Å². The molecule has 0 N–H and O–H groups in total. The molecule has 0 fully saturated rings. The monoisotopic (exact) mass is 370 g/mol. The van der Waals surface area contributed by atoms with Gasteiger partial charge in [-0.1, -0.05) is 47.5 Å². The van der Waals surface area contributed by atoms with Gasteiger partial charge in [-0.05, 0) is 37.5 Å². The van der Waals surface area contributed by atoms with Crippen molar-refractivity contribution in [1.29, 1.82) is 0 Å². The number of nitrogens with zero attached hydrogens (tertiary/aromatic N) is 2. The molecule has 1 aliphatic heterocycles. The molecule has 2 heterocycles. The number of ketones is 1. The second-order valence-corrected chi connectivity index (χ2v) is 7.73. The molecule has 0 spiro atoms. The van der Waals surface area contributed by atoms with Gasteiger partial charge in [-0.25, -0.2) is 4.98 Å². The van der Waals surface area contributed by atoms with Crippen molar-refractivity contribution in [2.45, 2.75) is 45.1 Å². The number of hydrogen-bond acceptors (Lipinski definition) is 4. The molecule has 5 rings (SSSR count). The van der Waals surface area contributed by atoms with Gasteiger partial charge in [0.25, 0.3) is 0 Å². The Bertz CT molecular complexity index is 1100. The summed E-state index contributed by atoms with van der Waals surface area (Å²) in [5, 5.41) is 0. The van der Waals surface area contributed by atoms with E-state index in [2.05, 4.69) is 30.1 Å². The van der Waals surface area contributed by atoms with Crippen molar-refractivity contribution in [3.63, 3.8) is 0 Å². The number of rotatable bonds is 3. The van der Waals surface area contributed by atoms with Gasteiger partial charge in [-0.3, -0.25) is 9.79 Å². The van der Waals surface area contributed by atoms with Crippen molar-refractivity contribution >= 4 is 22.6 Å². The van der Waals surface area contributed by atoms with E-state index in [-0.39, 0.29) is 11.8 Å². The summed E-state index contributed by atoms with van der Waals surface area (Å²) in [5.74, 6) is 0.951. The largest absolute Gasteiger partial charge is 0.440 e. The van der Waals surface area contributed by atoms with Gasteiger partial charge < -0.3 is 4.42 Å². The lowest BCUT2D eigenvalue weighted by Crippen LogP contribution is -2.24. The maximum atomic E-state index is 12.7. The first-order valence-electron chi connectivity index (χ1n) is 9.89. The highest BCUT2D eigenvalue weighted by atomic mass is 16.3. The van der Waals surface area contributed by atoms with Crippen molar-refractivity contribution in [2.75, 3.05) is 0 Å². The van der Waals surface area contributed by atoms with Crippen LogP contribution in [0.25, 0.3) is 11.1 Å². The molecule has 0 radical (unpaired) electrons. The number of fused-ring (bicyclic) bond motifs is 1. The highest BCUT2D eigenvalue weighted by molar-refractivity contribution is 6.02. The number of hydrogen-bond donors (Lipinski definition) is 0. The average molecular weight is 370 g/mol. The van der Waals surface area contributed by atoms with Gasteiger partial charge in [0.2, 0.25) is 5.89 Å². The maximum absolute atomic E-state index is 12.7. The molecular formula is C24H22N2O2. The minimum absolute atomic E-state index is 0.198. The summed E-state index contributed by atoms with van der Waals surface area (Å²) < 4.78 is 5.91. The normalized spacial score (nSPS) is 19.7. The van der Waals surface area contributed by atoms with Crippen molar-refractivity contribution in [3.8, 4) is 0 Å². The van der Waals surface area contributed by atoms with Gasteiger partial charge in [0, 0.05) is 24.1 Å². The van der Waals surface area contributed by atoms with E-state index in [4.69, 9.17) is 9.41 Å². The Kier molecular flexibility index (Phi) is 4.19. The van der Waals surface area contributed by atoms with Crippen LogP contribution in [0.3, 0.4) is 0 Å². The van der Waals surface area contributed by atoms with E-state index in [0.717, 1.165) is 47.2 Å². The van der Waals surface area contributed by atoms with Crippen LogP contribution < -0.4 is 0 Å². The Morgan fingerprint density at radius 2 is 2.00 bits per heavy atom. The molecule has 2 aromatic carbocycles. The van der Waals surface area contributed by atoms with Crippen LogP contribution in [0.4, 0.5) is 0 Å². The zero-order chi connectivity index (χ0) is 19.1. The molecule has 0 amide bonds. The second-order valence-electron chi connectivity index (χ2n) is 7.73. The number of carbonyl (C=O) groups is 1. The van der Waals surface area contributed by atoms with Gasteiger partial charge in [-0.2, -0.15) is 0 Å². The SMILES string of the molecule is Cc1cccc(C2N=C(Cc3nc4ccccc4o3)CC3=C2C(=O)CCC3)c1. The van der Waals surface area contributed by atoms with Gasteiger partial charge in [0.1, 0.15) is 11.6 Å². The van der Waals surface area contributed by atoms with E-state index in [1.54, 1.807) is 0 Å². The van der Waals surface area contributed by atoms with Crippen LogP contribution in [0.5, 0.6) is 0 Å². The molecule has 140 valence electrons. The van der Waals surface area contributed by atoms with Crippen LogP contribution in [-0.4, -0.2) is 16.5 Å². The lowest BCUT2D eigenvalue weighted by molar-refractivity contribution is -0.116. The number of Topliss-reactive ketones (excluding diaryl/α,β-unsaturated/α-hetero) is 1. The predicted octanol–water partition coefficient (Wildman–Crippen LogP) is 5.31. The fraction of sp³-hybridized carbons (Fsp3) is 0.292. The lowest BCUT2D eigenvalue weighted by atomic mass is 9.79. The Labute approximate surface area is 164 Å². The van der Waals surface area contributed by atoms with Crippen LogP contribution in [-0.2, 0) is 11.2 Å². The van der Waals surface area contributed by atoms with E-state index < -0.39 is 0 Å². The predicted molar refractivity (Wildman–Crippen MR) is 110 cm³/mol. The summed E-state index contributed by atoms with van der Waals surface area (Å²) in [7, 11) is 0. The van der Waals surface area contributed by atoms with E-state index in [1.165, 1.54) is 11.1 Å². The number of benzene rings is 2. The Balaban J connectivity index is 1.53. The molecule has 1 atom stereocenters. The first-order valence-corrected chi connectivity index (χ1v) is 9.89. The molecule has 0 bridgehead atoms. The summed E-state index contributed by atoms with van der Waals surface area (Å²) in [6, 6.07) is 16.0. The number of allylic oxidation sites excluding steroid dienone is 1. The van der Waals surface area contributed by atoms with Gasteiger partial charge in [-0.15, -0.1) is 0 Å². The molecule has 0 saturated heterocycles. The number of para-hydroxylation sites is 2. The molecule has 0 saturated carbocycles. The molecule has 1 aromatic heterocycles. The fourth-order valence-corrected chi connectivity index (χ4v) is 4.36. The molecule has 1 aliphatic carbocycles. The number of aryl methyl sites for hydroxylation is 1. The number of aromatic nitrogens is 1. The standard InChI is InChI=1S/C24H22N2O2/c1-15-6-4-8-17(12-15)24-23-16(7-5-10-20(23)27)13-18(25-24)14-22-26-19-9-2-3-11-21(19)28-22/h2-4,6,8-9,11-12,24H,5,7,10,13-14H2,1H3. The van der Waals surface area contributed by atoms with Gasteiger partial charge in [0.15, 0.2) is 11.4 Å². The number of aliphatic imine (C=N–C) groups is 1. The lowest BCUT2D eigenvalue weighted by Gasteiger charge is -2.29. The van der Waals surface area contributed by atoms with Gasteiger partial charge >= 0.3 is 0 Å². The zero-order valence-electron chi connectivity index (χ0n) is 15.9. The minimum Gasteiger partial charge on any atom is -0.440 e. The molecule has 2 aliphatic rings. The van der Waals surface area contributed by atoms with E-state index >= 15 is 0 Å². The summed E-state index contributed by atoms with van der Waals surface area (Å²) >= 11 is 0. The molecular weight excluding hydrogens is 348 g/mol. The highest BCUT2D eigenvalue weighted by Crippen LogP contribution is 2.40. The smallest absolute Gasteiger partial charge is 0.201 e. The molecule has 3 aromatic rings. The Hall–Kier alpha value is -3.01. The van der Waals surface area contributed by atoms with E-state index in [1.807, 2.05) is 30.3 Å². The van der Waals surface area contributed by atoms with Crippen molar-refractivity contribution in [1.82, 2.24) is 4.98 Å². The highest BCUT2D eigenvalue weighted by Gasteiger charge is 2.32. The second kappa shape index (κ2) is 6.86. The van der Waals surface area contributed by atoms with Crippen LogP contribution in [0.2, 0.25) is 0 Å². The maximum Gasteiger partial charge on any atom is 0.201 e. The van der Waals surface area contributed by atoms with Crippen LogP contribution in [0.1, 0.15) is 48.7 Å². The average Bonchev–Trinajstić information content (AvgIpc) is 3.10. The van der Waals surface area contributed by atoms with Crippen LogP contribution in [0.15, 0.2) is 69.1 Å². The van der Waals surface area contributed by atoms with Crippen molar-refractivity contribution in [2.24, 2.45) is 4.99 Å². The Morgan fingerprint density at radius 1 is 1.11 bits per heavy atom. The van der Waals surface area contributed by atoms with Crippen LogP contribution >= 0.6 is 0 Å². The van der Waals surface area contributed by atoms with Crippen LogP contribution in [0, 0.1) is 6.92 Å². The molecule has 1 unspecified atom stereocenters. The summed E-state index contributed by atoms with van der Waals surface area (Å²) in [5.41, 5.74) is 7.18.